The second-order valence-electron chi connectivity index (χ2n) is 4.08. The van der Waals surface area contributed by atoms with E-state index in [4.69, 9.17) is 4.79 Å². The van der Waals surface area contributed by atoms with Crippen LogP contribution in [0.3, 0.4) is 0 Å². The summed E-state index contributed by atoms with van der Waals surface area (Å²) in [6, 6.07) is 6.91. The maximum absolute atomic E-state index is 11.3. The van der Waals surface area contributed by atoms with Gasteiger partial charge in [-0.25, -0.2) is 0 Å². The number of hydrogen-bond acceptors (Lipinski definition) is 4. The average molecular weight is 307 g/mol. The summed E-state index contributed by atoms with van der Waals surface area (Å²) in [7, 11) is 1.68. The summed E-state index contributed by atoms with van der Waals surface area (Å²) >= 11 is 0. The second kappa shape index (κ2) is 15.1. The van der Waals surface area contributed by atoms with E-state index in [1.807, 2.05) is 26.8 Å². The first-order chi connectivity index (χ1) is 10.5. The highest BCUT2D eigenvalue weighted by Gasteiger charge is 1.91. The molecule has 0 fully saturated rings. The molecule has 0 radical (unpaired) electrons. The van der Waals surface area contributed by atoms with Crippen LogP contribution in [0.25, 0.3) is 0 Å². The van der Waals surface area contributed by atoms with E-state index in [2.05, 4.69) is 9.72 Å². The van der Waals surface area contributed by atoms with Gasteiger partial charge in [0, 0.05) is 19.9 Å². The van der Waals surface area contributed by atoms with Crippen LogP contribution in [0.4, 0.5) is 0 Å². The van der Waals surface area contributed by atoms with Crippen molar-refractivity contribution in [2.24, 2.45) is 0 Å². The number of aromatic amines is 1. The molecule has 22 heavy (non-hydrogen) atoms. The van der Waals surface area contributed by atoms with E-state index < -0.39 is 5.56 Å². The van der Waals surface area contributed by atoms with Crippen molar-refractivity contribution in [1.29, 1.82) is 0 Å². The van der Waals surface area contributed by atoms with Crippen LogP contribution in [-0.2, 0) is 9.53 Å². The summed E-state index contributed by atoms with van der Waals surface area (Å²) in [5, 5.41) is 0. The Bertz CT molecular complexity index is 547. The molecular weight excluding hydrogens is 282 g/mol. The molecule has 0 unspecified atom stereocenters. The Kier molecular flexibility index (Phi) is 15.1. The van der Waals surface area contributed by atoms with Gasteiger partial charge in [-0.15, -0.1) is 0 Å². The number of methoxy groups -OCH3 is 1. The molecule has 0 aliphatic carbocycles. The Hall–Kier alpha value is -2.27. The molecular formula is C17H25NO4. The van der Waals surface area contributed by atoms with Crippen LogP contribution in [0.15, 0.2) is 35.3 Å². The van der Waals surface area contributed by atoms with Gasteiger partial charge >= 0.3 is 0 Å². The Morgan fingerprint density at radius 1 is 1.14 bits per heavy atom. The number of carbonyl (C=O) groups is 2. The fourth-order valence-electron chi connectivity index (χ4n) is 1.05. The van der Waals surface area contributed by atoms with Gasteiger partial charge in [0.25, 0.3) is 5.56 Å². The lowest BCUT2D eigenvalue weighted by molar-refractivity contribution is -0.106. The number of H-pyrrole nitrogens is 1. The van der Waals surface area contributed by atoms with Crippen molar-refractivity contribution >= 4 is 12.6 Å². The highest BCUT2D eigenvalue weighted by molar-refractivity contribution is 5.73. The minimum atomic E-state index is -0.391. The smallest absolute Gasteiger partial charge is 0.258 e. The third kappa shape index (κ3) is 11.5. The number of rotatable bonds is 2. The molecule has 0 atom stereocenters. The number of aldehydes is 2. The van der Waals surface area contributed by atoms with Crippen molar-refractivity contribution in [2.75, 3.05) is 13.7 Å². The summed E-state index contributed by atoms with van der Waals surface area (Å²) in [5.41, 5.74) is 1.84. The van der Waals surface area contributed by atoms with Crippen molar-refractivity contribution in [2.45, 2.75) is 27.7 Å². The zero-order valence-corrected chi connectivity index (χ0v) is 13.9. The minimum Gasteiger partial charge on any atom is -0.385 e. The van der Waals surface area contributed by atoms with Gasteiger partial charge < -0.3 is 14.5 Å². The van der Waals surface area contributed by atoms with E-state index >= 15 is 0 Å². The monoisotopic (exact) mass is 307 g/mol. The normalized spacial score (nSPS) is 8.23. The lowest BCUT2D eigenvalue weighted by Gasteiger charge is -1.92. The number of aryl methyl sites for hydroxylation is 2. The second-order valence-corrected chi connectivity index (χ2v) is 4.08. The standard InChI is InChI=1S/C12H13NO2.C3H8O.C2H4O/c1-9-4-3-7-13-12(15)11(8-14)6-5-10(9)2;1-3-4-2;1-2-3/h3-8H,1-2H3,(H,13,15);3H2,1-2H3;2H,1H3. The zero-order chi connectivity index (χ0) is 17.4. The maximum Gasteiger partial charge on any atom is 0.258 e. The van der Waals surface area contributed by atoms with Gasteiger partial charge in [0.05, 0.1) is 5.56 Å². The van der Waals surface area contributed by atoms with Crippen LogP contribution in [-0.4, -0.2) is 31.3 Å². The first-order valence-corrected chi connectivity index (χ1v) is 6.85. The van der Waals surface area contributed by atoms with Gasteiger partial charge in [-0.3, -0.25) is 9.59 Å². The average Bonchev–Trinajstić information content (AvgIpc) is 2.52. The zero-order valence-electron chi connectivity index (χ0n) is 13.9. The molecule has 0 amide bonds. The SMILES string of the molecule is CC=O.CCOC.Cc1ccc[nH]c(=O)c(C=O)ccc1C. The van der Waals surface area contributed by atoms with Crippen molar-refractivity contribution < 1.29 is 14.3 Å². The van der Waals surface area contributed by atoms with Gasteiger partial charge in [-0.2, -0.15) is 0 Å². The van der Waals surface area contributed by atoms with Crippen molar-refractivity contribution in [1.82, 2.24) is 4.98 Å². The topological polar surface area (TPSA) is 76.2 Å². The molecule has 1 N–H and O–H groups in total. The molecule has 1 aromatic rings. The van der Waals surface area contributed by atoms with Crippen molar-refractivity contribution in [3.05, 3.63) is 57.5 Å². The van der Waals surface area contributed by atoms with Gasteiger partial charge in [0.1, 0.15) is 6.29 Å². The fraction of sp³-hybridized carbons (Fsp3) is 0.353. The lowest BCUT2D eigenvalue weighted by atomic mass is 10.1. The van der Waals surface area contributed by atoms with Gasteiger partial charge in [0.15, 0.2) is 6.29 Å². The quantitative estimate of drug-likeness (QED) is 0.852. The van der Waals surface area contributed by atoms with E-state index in [1.165, 1.54) is 19.2 Å². The number of aromatic nitrogens is 1. The molecule has 0 saturated carbocycles. The first-order valence-electron chi connectivity index (χ1n) is 6.85. The predicted molar refractivity (Wildman–Crippen MR) is 88.8 cm³/mol. The van der Waals surface area contributed by atoms with Gasteiger partial charge in [-0.05, 0) is 51.0 Å². The van der Waals surface area contributed by atoms with Gasteiger partial charge in [-0.1, -0.05) is 12.1 Å². The van der Waals surface area contributed by atoms with Crippen molar-refractivity contribution in [3.8, 4) is 0 Å². The first kappa shape index (κ1) is 22.0. The lowest BCUT2D eigenvalue weighted by Crippen LogP contribution is -2.07. The molecule has 5 heteroatoms. The molecule has 0 aliphatic heterocycles. The fourth-order valence-corrected chi connectivity index (χ4v) is 1.05. The summed E-state index contributed by atoms with van der Waals surface area (Å²) in [6.07, 6.45) is 2.81. The van der Waals surface area contributed by atoms with Crippen LogP contribution in [0.2, 0.25) is 0 Å². The van der Waals surface area contributed by atoms with Crippen LogP contribution in [0, 0.1) is 13.8 Å². The molecule has 0 spiro atoms. The summed E-state index contributed by atoms with van der Waals surface area (Å²) < 4.78 is 4.54. The number of hydrogen-bond donors (Lipinski definition) is 1. The molecule has 0 aliphatic rings. The molecule has 0 aromatic carbocycles. The Morgan fingerprint density at radius 2 is 1.64 bits per heavy atom. The third-order valence-corrected chi connectivity index (χ3v) is 2.47. The third-order valence-electron chi connectivity index (χ3n) is 2.47. The highest BCUT2D eigenvalue weighted by Crippen LogP contribution is 2.00. The molecule has 1 rings (SSSR count). The Balaban J connectivity index is 0. The van der Waals surface area contributed by atoms with Crippen LogP contribution < -0.4 is 5.56 Å². The molecule has 0 saturated heterocycles. The molecule has 1 heterocycles. The molecule has 0 bridgehead atoms. The van der Waals surface area contributed by atoms with E-state index in [0.29, 0.717) is 6.29 Å². The predicted octanol–water partition coefficient (Wildman–Crippen LogP) is 2.79. The number of carbonyl (C=O) groups excluding carboxylic acids is 2. The summed E-state index contributed by atoms with van der Waals surface area (Å²) in [6.45, 7) is 8.12. The Labute approximate surface area is 131 Å². The van der Waals surface area contributed by atoms with E-state index in [0.717, 1.165) is 24.0 Å². The maximum atomic E-state index is 11.3. The van der Waals surface area contributed by atoms with Crippen LogP contribution in [0.1, 0.15) is 35.3 Å². The van der Waals surface area contributed by atoms with Crippen LogP contribution >= 0.6 is 0 Å². The highest BCUT2D eigenvalue weighted by atomic mass is 16.5. The molecule has 1 aromatic heterocycles. The molecule has 122 valence electrons. The summed E-state index contributed by atoms with van der Waals surface area (Å²) in [4.78, 5) is 33.3. The largest absolute Gasteiger partial charge is 0.385 e. The van der Waals surface area contributed by atoms with Crippen molar-refractivity contribution in [3.63, 3.8) is 0 Å². The van der Waals surface area contributed by atoms with E-state index in [-0.39, 0.29) is 5.56 Å². The number of nitrogens with one attached hydrogen (secondary N) is 1. The molecule has 5 nitrogen and oxygen atoms in total. The Morgan fingerprint density at radius 3 is 2.09 bits per heavy atom. The minimum absolute atomic E-state index is 0.119. The van der Waals surface area contributed by atoms with E-state index in [9.17, 15) is 9.59 Å². The number of ether oxygens (including phenoxy) is 1. The summed E-state index contributed by atoms with van der Waals surface area (Å²) in [5.74, 6) is 0. The van der Waals surface area contributed by atoms with Crippen LogP contribution in [0.5, 0.6) is 0 Å². The van der Waals surface area contributed by atoms with Gasteiger partial charge in [0.2, 0.25) is 0 Å². The van der Waals surface area contributed by atoms with E-state index in [1.54, 1.807) is 19.2 Å².